The van der Waals surface area contributed by atoms with E-state index in [9.17, 15) is 4.79 Å². The maximum Gasteiger partial charge on any atom is 0.271 e. The van der Waals surface area contributed by atoms with E-state index in [4.69, 9.17) is 11.6 Å². The number of carbonyl (C=O) groups excluding carboxylic acids is 1. The maximum atomic E-state index is 12.3. The molecule has 0 aliphatic rings. The van der Waals surface area contributed by atoms with Crippen molar-refractivity contribution in [1.29, 1.82) is 0 Å². The average Bonchev–Trinajstić information content (AvgIpc) is 2.86. The molecule has 2 aromatic heterocycles. The molecule has 2 rings (SSSR count). The maximum absolute atomic E-state index is 12.3. The van der Waals surface area contributed by atoms with Crippen LogP contribution in [-0.2, 0) is 0 Å². The molecule has 0 radical (unpaired) electrons. The Labute approximate surface area is 142 Å². The first-order valence-corrected chi connectivity index (χ1v) is 8.39. The average molecular weight is 335 g/mol. The summed E-state index contributed by atoms with van der Waals surface area (Å²) in [7, 11) is 0. The summed E-state index contributed by atoms with van der Waals surface area (Å²) < 4.78 is 1.71. The Morgan fingerprint density at radius 2 is 2.04 bits per heavy atom. The van der Waals surface area contributed by atoms with Crippen LogP contribution < -0.4 is 5.32 Å². The van der Waals surface area contributed by atoms with E-state index in [1.807, 2.05) is 19.9 Å². The number of pyridine rings is 1. The zero-order chi connectivity index (χ0) is 16.8. The van der Waals surface area contributed by atoms with Gasteiger partial charge in [-0.05, 0) is 38.5 Å². The van der Waals surface area contributed by atoms with Crippen molar-refractivity contribution in [3.63, 3.8) is 0 Å². The quantitative estimate of drug-likeness (QED) is 0.782. The lowest BCUT2D eigenvalue weighted by Crippen LogP contribution is -2.26. The Hall–Kier alpha value is -1.88. The fourth-order valence-corrected chi connectivity index (χ4v) is 2.60. The molecule has 0 fully saturated rings. The molecule has 23 heavy (non-hydrogen) atoms. The Kier molecular flexibility index (Phi) is 6.16. The van der Waals surface area contributed by atoms with Gasteiger partial charge in [0, 0.05) is 12.2 Å². The predicted molar refractivity (Wildman–Crippen MR) is 92.3 cm³/mol. The number of aryl methyl sites for hydroxylation is 2. The van der Waals surface area contributed by atoms with Crippen molar-refractivity contribution in [2.75, 3.05) is 6.54 Å². The molecule has 2 heterocycles. The van der Waals surface area contributed by atoms with Crippen LogP contribution in [0.5, 0.6) is 0 Å². The van der Waals surface area contributed by atoms with E-state index in [0.29, 0.717) is 17.4 Å². The smallest absolute Gasteiger partial charge is 0.271 e. The van der Waals surface area contributed by atoms with E-state index in [1.54, 1.807) is 16.8 Å². The molecule has 5 nitrogen and oxygen atoms in total. The second-order valence-electron chi connectivity index (χ2n) is 5.66. The predicted octanol–water partition coefficient (Wildman–Crippen LogP) is 3.85. The molecule has 0 saturated carbocycles. The zero-order valence-corrected chi connectivity index (χ0v) is 14.7. The molecule has 6 heteroatoms. The molecule has 0 aliphatic carbocycles. The summed E-state index contributed by atoms with van der Waals surface area (Å²) >= 11 is 6.13. The highest BCUT2D eigenvalue weighted by molar-refractivity contribution is 6.33. The summed E-state index contributed by atoms with van der Waals surface area (Å²) in [5.41, 5.74) is 2.11. The van der Waals surface area contributed by atoms with Gasteiger partial charge >= 0.3 is 0 Å². The fourth-order valence-electron chi connectivity index (χ4n) is 2.41. The van der Waals surface area contributed by atoms with Crippen LogP contribution in [0.4, 0.5) is 0 Å². The number of hydrogen-bond donors (Lipinski definition) is 1. The molecule has 0 spiro atoms. The molecule has 2 aromatic rings. The largest absolute Gasteiger partial charge is 0.351 e. The minimum Gasteiger partial charge on any atom is -0.351 e. The number of rotatable bonds is 7. The van der Waals surface area contributed by atoms with E-state index in [2.05, 4.69) is 22.3 Å². The Morgan fingerprint density at radius 1 is 1.26 bits per heavy atom. The van der Waals surface area contributed by atoms with Crippen molar-refractivity contribution in [2.24, 2.45) is 0 Å². The summed E-state index contributed by atoms with van der Waals surface area (Å²) in [6.07, 6.45) is 4.44. The first-order valence-electron chi connectivity index (χ1n) is 8.01. The topological polar surface area (TPSA) is 59.8 Å². The van der Waals surface area contributed by atoms with Gasteiger partial charge in [-0.2, -0.15) is 5.10 Å². The zero-order valence-electron chi connectivity index (χ0n) is 13.9. The highest BCUT2D eigenvalue weighted by atomic mass is 35.5. The minimum absolute atomic E-state index is 0.241. The van der Waals surface area contributed by atoms with Crippen molar-refractivity contribution in [1.82, 2.24) is 20.1 Å². The third-order valence-electron chi connectivity index (χ3n) is 3.59. The van der Waals surface area contributed by atoms with E-state index >= 15 is 0 Å². The van der Waals surface area contributed by atoms with Crippen LogP contribution in [0.2, 0.25) is 5.02 Å². The summed E-state index contributed by atoms with van der Waals surface area (Å²) in [4.78, 5) is 16.7. The molecule has 0 aliphatic heterocycles. The van der Waals surface area contributed by atoms with Crippen molar-refractivity contribution < 1.29 is 4.79 Å². The normalized spacial score (nSPS) is 10.8. The highest BCUT2D eigenvalue weighted by Gasteiger charge is 2.14. The molecule has 1 N–H and O–H groups in total. The summed E-state index contributed by atoms with van der Waals surface area (Å²) in [6, 6.07) is 5.41. The standard InChI is InChI=1S/C17H23ClN4O/c1-4-5-6-7-10-19-17(23)16-14(18)8-9-15(20-16)22-13(3)11-12(2)21-22/h8-9,11H,4-7,10H2,1-3H3,(H,19,23). The van der Waals surface area contributed by atoms with Gasteiger partial charge in [-0.3, -0.25) is 4.79 Å². The monoisotopic (exact) mass is 334 g/mol. The number of amides is 1. The number of unbranched alkanes of at least 4 members (excludes halogenated alkanes) is 3. The number of nitrogens with one attached hydrogen (secondary N) is 1. The van der Waals surface area contributed by atoms with Crippen LogP contribution in [0.3, 0.4) is 0 Å². The minimum atomic E-state index is -0.241. The van der Waals surface area contributed by atoms with Gasteiger partial charge in [0.25, 0.3) is 5.91 Å². The molecule has 0 bridgehead atoms. The Bertz CT molecular complexity index is 681. The lowest BCUT2D eigenvalue weighted by Gasteiger charge is -2.09. The molecular weight excluding hydrogens is 312 g/mol. The molecule has 124 valence electrons. The van der Waals surface area contributed by atoms with Gasteiger partial charge in [0.15, 0.2) is 5.82 Å². The highest BCUT2D eigenvalue weighted by Crippen LogP contribution is 2.17. The number of carbonyl (C=O) groups is 1. The van der Waals surface area contributed by atoms with Gasteiger partial charge in [0.05, 0.1) is 10.7 Å². The van der Waals surface area contributed by atoms with Crippen LogP contribution in [0.15, 0.2) is 18.2 Å². The number of halogens is 1. The molecule has 0 atom stereocenters. The third kappa shape index (κ3) is 4.55. The van der Waals surface area contributed by atoms with Gasteiger partial charge < -0.3 is 5.32 Å². The van der Waals surface area contributed by atoms with Crippen molar-refractivity contribution in [3.8, 4) is 5.82 Å². The first kappa shape index (κ1) is 17.5. The second kappa shape index (κ2) is 8.11. The fraction of sp³-hybridized carbons (Fsp3) is 0.471. The molecule has 1 amide bonds. The summed E-state index contributed by atoms with van der Waals surface area (Å²) in [6.45, 7) is 6.67. The lowest BCUT2D eigenvalue weighted by molar-refractivity contribution is 0.0948. The number of hydrogen-bond acceptors (Lipinski definition) is 3. The summed E-state index contributed by atoms with van der Waals surface area (Å²) in [5.74, 6) is 0.353. The van der Waals surface area contributed by atoms with Crippen molar-refractivity contribution in [3.05, 3.63) is 40.3 Å². The summed E-state index contributed by atoms with van der Waals surface area (Å²) in [5, 5.41) is 7.62. The van der Waals surface area contributed by atoms with E-state index in [1.165, 1.54) is 12.8 Å². The third-order valence-corrected chi connectivity index (χ3v) is 3.89. The number of nitrogens with zero attached hydrogens (tertiary/aromatic N) is 3. The van der Waals surface area contributed by atoms with E-state index in [0.717, 1.165) is 24.2 Å². The van der Waals surface area contributed by atoms with E-state index < -0.39 is 0 Å². The van der Waals surface area contributed by atoms with E-state index in [-0.39, 0.29) is 11.6 Å². The van der Waals surface area contributed by atoms with Gasteiger partial charge in [-0.1, -0.05) is 37.8 Å². The van der Waals surface area contributed by atoms with Crippen LogP contribution >= 0.6 is 11.6 Å². The van der Waals surface area contributed by atoms with Crippen LogP contribution in [0.1, 0.15) is 54.5 Å². The Balaban J connectivity index is 2.11. The van der Waals surface area contributed by atoms with Gasteiger partial charge in [-0.15, -0.1) is 0 Å². The van der Waals surface area contributed by atoms with Crippen molar-refractivity contribution >= 4 is 17.5 Å². The SMILES string of the molecule is CCCCCCNC(=O)c1nc(-n2nc(C)cc2C)ccc1Cl. The Morgan fingerprint density at radius 3 is 2.70 bits per heavy atom. The lowest BCUT2D eigenvalue weighted by atomic mass is 10.2. The van der Waals surface area contributed by atoms with Crippen LogP contribution in [-0.4, -0.2) is 27.2 Å². The molecule has 0 unspecified atom stereocenters. The van der Waals surface area contributed by atoms with Crippen LogP contribution in [0.25, 0.3) is 5.82 Å². The molecular formula is C17H23ClN4O. The van der Waals surface area contributed by atoms with Crippen LogP contribution in [0, 0.1) is 13.8 Å². The van der Waals surface area contributed by atoms with Gasteiger partial charge in [0.1, 0.15) is 5.69 Å². The van der Waals surface area contributed by atoms with Gasteiger partial charge in [0.2, 0.25) is 0 Å². The second-order valence-corrected chi connectivity index (χ2v) is 6.06. The van der Waals surface area contributed by atoms with Crippen molar-refractivity contribution in [2.45, 2.75) is 46.5 Å². The first-order chi connectivity index (χ1) is 11.0. The van der Waals surface area contributed by atoms with Gasteiger partial charge in [-0.25, -0.2) is 9.67 Å². The number of aromatic nitrogens is 3. The molecule has 0 aromatic carbocycles. The molecule has 0 saturated heterocycles.